The number of nitro groups is 1. The Morgan fingerprint density at radius 1 is 1.35 bits per heavy atom. The quantitative estimate of drug-likeness (QED) is 0.516. The summed E-state index contributed by atoms with van der Waals surface area (Å²) in [5.41, 5.74) is 3.55. The molecule has 1 aromatic rings. The van der Waals surface area contributed by atoms with Crippen molar-refractivity contribution in [2.75, 3.05) is 0 Å². The lowest BCUT2D eigenvalue weighted by molar-refractivity contribution is -0.386. The van der Waals surface area contributed by atoms with E-state index in [2.05, 4.69) is 15.9 Å². The molecule has 0 aromatic heterocycles. The highest BCUT2D eigenvalue weighted by molar-refractivity contribution is 9.10. The van der Waals surface area contributed by atoms with Gasteiger partial charge in [0.05, 0.1) is 10.5 Å². The number of nitro benzene ring substituents is 1. The Morgan fingerprint density at radius 2 is 1.90 bits per heavy atom. The Morgan fingerprint density at radius 3 is 2.35 bits per heavy atom. The molecule has 0 unspecified atom stereocenters. The summed E-state index contributed by atoms with van der Waals surface area (Å²) in [6.45, 7) is 6.52. The van der Waals surface area contributed by atoms with Crippen LogP contribution in [-0.2, 0) is 15.1 Å². The van der Waals surface area contributed by atoms with Gasteiger partial charge in [0, 0.05) is 10.5 Å². The van der Waals surface area contributed by atoms with Crippen LogP contribution in [0.3, 0.4) is 0 Å². The Balaban J connectivity index is 3.28. The van der Waals surface area contributed by atoms with Crippen LogP contribution in [0.5, 0.6) is 0 Å². The van der Waals surface area contributed by atoms with E-state index < -0.39 is 22.0 Å². The fourth-order valence-electron chi connectivity index (χ4n) is 1.59. The fourth-order valence-corrected chi connectivity index (χ4v) is 1.94. The molecule has 0 heterocycles. The van der Waals surface area contributed by atoms with Gasteiger partial charge < -0.3 is 10.5 Å². The molecule has 20 heavy (non-hydrogen) atoms. The van der Waals surface area contributed by atoms with Crippen LogP contribution in [0.15, 0.2) is 22.7 Å². The number of hydrogen-bond donors (Lipinski definition) is 1. The van der Waals surface area contributed by atoms with Crippen molar-refractivity contribution in [1.82, 2.24) is 0 Å². The third-order valence-corrected chi connectivity index (χ3v) is 3.03. The molecule has 1 atom stereocenters. The van der Waals surface area contributed by atoms with Crippen molar-refractivity contribution in [3.05, 3.63) is 38.3 Å². The van der Waals surface area contributed by atoms with E-state index in [4.69, 9.17) is 10.5 Å². The zero-order valence-corrected chi connectivity index (χ0v) is 13.4. The van der Waals surface area contributed by atoms with Crippen LogP contribution in [0.2, 0.25) is 0 Å². The van der Waals surface area contributed by atoms with Gasteiger partial charge in [0.2, 0.25) is 0 Å². The van der Waals surface area contributed by atoms with Crippen LogP contribution >= 0.6 is 15.9 Å². The predicted molar refractivity (Wildman–Crippen MR) is 78.2 cm³/mol. The molecule has 0 spiro atoms. The minimum absolute atomic E-state index is 0.111. The molecule has 6 nitrogen and oxygen atoms in total. The topological polar surface area (TPSA) is 95.5 Å². The van der Waals surface area contributed by atoms with E-state index >= 15 is 0 Å². The Kier molecular flexibility index (Phi) is 4.55. The highest BCUT2D eigenvalue weighted by atomic mass is 79.9. The van der Waals surface area contributed by atoms with E-state index in [1.807, 2.05) is 0 Å². The number of halogens is 1. The van der Waals surface area contributed by atoms with Gasteiger partial charge in [-0.1, -0.05) is 15.9 Å². The summed E-state index contributed by atoms with van der Waals surface area (Å²) >= 11 is 3.16. The largest absolute Gasteiger partial charge is 0.458 e. The van der Waals surface area contributed by atoms with Crippen molar-refractivity contribution in [1.29, 1.82) is 0 Å². The van der Waals surface area contributed by atoms with Gasteiger partial charge in [-0.3, -0.25) is 10.1 Å². The van der Waals surface area contributed by atoms with E-state index in [0.717, 1.165) is 0 Å². The SMILES string of the molecule is CC(C)(C)OC(=O)[C@@](C)(N)c1ccc(Br)cc1[N+](=O)[O-]. The highest BCUT2D eigenvalue weighted by Gasteiger charge is 2.39. The molecule has 0 amide bonds. The van der Waals surface area contributed by atoms with Gasteiger partial charge in [-0.15, -0.1) is 0 Å². The molecule has 7 heteroatoms. The molecule has 0 radical (unpaired) electrons. The summed E-state index contributed by atoms with van der Waals surface area (Å²) in [4.78, 5) is 22.7. The molecular weight excluding hydrogens is 328 g/mol. The summed E-state index contributed by atoms with van der Waals surface area (Å²) in [6, 6.07) is 4.36. The minimum atomic E-state index is -1.60. The average molecular weight is 345 g/mol. The number of nitrogens with two attached hydrogens (primary N) is 1. The van der Waals surface area contributed by atoms with Crippen LogP contribution in [0, 0.1) is 10.1 Å². The molecule has 0 bridgehead atoms. The van der Waals surface area contributed by atoms with Gasteiger partial charge in [-0.05, 0) is 39.8 Å². The van der Waals surface area contributed by atoms with Crippen LogP contribution in [0.25, 0.3) is 0 Å². The second-order valence-corrected chi connectivity index (χ2v) is 6.54. The first-order chi connectivity index (χ1) is 8.95. The van der Waals surface area contributed by atoms with E-state index in [9.17, 15) is 14.9 Å². The third kappa shape index (κ3) is 3.77. The van der Waals surface area contributed by atoms with Crippen molar-refractivity contribution >= 4 is 27.6 Å². The number of rotatable bonds is 3. The zero-order chi connectivity index (χ0) is 15.7. The van der Waals surface area contributed by atoms with Crippen molar-refractivity contribution in [3.8, 4) is 0 Å². The lowest BCUT2D eigenvalue weighted by Gasteiger charge is -2.28. The first-order valence-corrected chi connectivity index (χ1v) is 6.71. The summed E-state index contributed by atoms with van der Waals surface area (Å²) < 4.78 is 5.76. The molecule has 0 aliphatic carbocycles. The summed E-state index contributed by atoms with van der Waals surface area (Å²) in [5, 5.41) is 11.1. The summed E-state index contributed by atoms with van der Waals surface area (Å²) in [5.74, 6) is -0.713. The van der Waals surface area contributed by atoms with Crippen LogP contribution in [-0.4, -0.2) is 16.5 Å². The van der Waals surface area contributed by atoms with E-state index in [0.29, 0.717) is 4.47 Å². The summed E-state index contributed by atoms with van der Waals surface area (Å²) in [6.07, 6.45) is 0. The number of ether oxygens (including phenoxy) is 1. The Labute approximate surface area is 125 Å². The maximum Gasteiger partial charge on any atom is 0.331 e. The van der Waals surface area contributed by atoms with Gasteiger partial charge in [0.1, 0.15) is 11.1 Å². The number of hydrogen-bond acceptors (Lipinski definition) is 5. The number of carbonyl (C=O) groups is 1. The highest BCUT2D eigenvalue weighted by Crippen LogP contribution is 2.32. The first-order valence-electron chi connectivity index (χ1n) is 5.92. The smallest absolute Gasteiger partial charge is 0.331 e. The van der Waals surface area contributed by atoms with Gasteiger partial charge in [-0.25, -0.2) is 4.79 Å². The molecule has 0 saturated heterocycles. The first kappa shape index (κ1) is 16.6. The maximum absolute atomic E-state index is 12.2. The monoisotopic (exact) mass is 344 g/mol. The lowest BCUT2D eigenvalue weighted by Crippen LogP contribution is -2.46. The minimum Gasteiger partial charge on any atom is -0.458 e. The Bertz CT molecular complexity index is 550. The maximum atomic E-state index is 12.2. The van der Waals surface area contributed by atoms with E-state index in [1.165, 1.54) is 19.1 Å². The molecule has 1 aromatic carbocycles. The molecule has 1 rings (SSSR count). The van der Waals surface area contributed by atoms with Crippen LogP contribution in [0.1, 0.15) is 33.3 Å². The number of nitrogens with zero attached hydrogens (tertiary/aromatic N) is 1. The molecule has 0 aliphatic heterocycles. The van der Waals surface area contributed by atoms with Crippen molar-refractivity contribution in [3.63, 3.8) is 0 Å². The van der Waals surface area contributed by atoms with E-state index in [-0.39, 0.29) is 11.3 Å². The Hall–Kier alpha value is -1.47. The van der Waals surface area contributed by atoms with Crippen LogP contribution < -0.4 is 5.73 Å². The number of carbonyl (C=O) groups excluding carboxylic acids is 1. The number of benzene rings is 1. The predicted octanol–water partition coefficient (Wildman–Crippen LogP) is 2.87. The third-order valence-electron chi connectivity index (χ3n) is 2.54. The van der Waals surface area contributed by atoms with E-state index in [1.54, 1.807) is 26.8 Å². The molecule has 0 saturated carbocycles. The lowest BCUT2D eigenvalue weighted by atomic mass is 9.91. The zero-order valence-electron chi connectivity index (χ0n) is 11.8. The van der Waals surface area contributed by atoms with Crippen molar-refractivity contribution < 1.29 is 14.5 Å². The molecule has 0 aliphatic rings. The standard InChI is InChI=1S/C13H17BrN2O4/c1-12(2,3)20-11(17)13(4,15)9-6-5-8(14)7-10(9)16(18)19/h5-7H,15H2,1-4H3/t13-/m0/s1. The average Bonchev–Trinajstić information content (AvgIpc) is 2.25. The normalized spacial score (nSPS) is 14.5. The van der Waals surface area contributed by atoms with Gasteiger partial charge >= 0.3 is 5.97 Å². The van der Waals surface area contributed by atoms with Crippen molar-refractivity contribution in [2.45, 2.75) is 38.8 Å². The second kappa shape index (κ2) is 5.49. The van der Waals surface area contributed by atoms with Gasteiger partial charge in [0.25, 0.3) is 5.69 Å². The van der Waals surface area contributed by atoms with Crippen molar-refractivity contribution in [2.24, 2.45) is 5.73 Å². The number of esters is 1. The van der Waals surface area contributed by atoms with Crippen LogP contribution in [0.4, 0.5) is 5.69 Å². The molecule has 110 valence electrons. The van der Waals surface area contributed by atoms with Gasteiger partial charge in [-0.2, -0.15) is 0 Å². The fraction of sp³-hybridized carbons (Fsp3) is 0.462. The molecule has 2 N–H and O–H groups in total. The molecular formula is C13H17BrN2O4. The summed E-state index contributed by atoms with van der Waals surface area (Å²) in [7, 11) is 0. The second-order valence-electron chi connectivity index (χ2n) is 5.62. The molecule has 0 fully saturated rings. The van der Waals surface area contributed by atoms with Gasteiger partial charge in [0.15, 0.2) is 0 Å².